The Morgan fingerprint density at radius 2 is 1.54 bits per heavy atom. The molecule has 0 spiro atoms. The average Bonchev–Trinajstić information content (AvgIpc) is 3.21. The highest BCUT2D eigenvalue weighted by molar-refractivity contribution is 5.74. The molecule has 4 heteroatoms. The standard InChI is InChI=1S/C20H23N3O.2C2H6/c1-23-13-11-16(12-14-23)24-19(15-7-3-2-4-8-15)20-21-17-9-5-6-10-18(17)22-20;2*1-2/h2-10,16,19H,11-14H2,1H3,(H,21,22);2*1-2H3. The van der Waals surface area contributed by atoms with Gasteiger partial charge in [-0.15, -0.1) is 0 Å². The third-order valence-corrected chi connectivity index (χ3v) is 4.75. The predicted octanol–water partition coefficient (Wildman–Crippen LogP) is 5.82. The van der Waals surface area contributed by atoms with Crippen molar-refractivity contribution < 1.29 is 4.74 Å². The summed E-state index contributed by atoms with van der Waals surface area (Å²) in [5.74, 6) is 0.890. The molecule has 28 heavy (non-hydrogen) atoms. The molecule has 1 fully saturated rings. The van der Waals surface area contributed by atoms with Gasteiger partial charge in [0.2, 0.25) is 0 Å². The van der Waals surface area contributed by atoms with E-state index >= 15 is 0 Å². The van der Waals surface area contributed by atoms with Crippen LogP contribution in [-0.4, -0.2) is 41.1 Å². The molecule has 152 valence electrons. The van der Waals surface area contributed by atoms with Crippen molar-refractivity contribution in [3.63, 3.8) is 0 Å². The Bertz CT molecular complexity index is 759. The van der Waals surface area contributed by atoms with Crippen molar-refractivity contribution in [1.82, 2.24) is 14.9 Å². The van der Waals surface area contributed by atoms with Gasteiger partial charge in [0.05, 0.1) is 17.1 Å². The molecule has 1 unspecified atom stereocenters. The maximum atomic E-state index is 6.52. The summed E-state index contributed by atoms with van der Waals surface area (Å²) in [6, 6.07) is 18.5. The molecule has 0 saturated carbocycles. The largest absolute Gasteiger partial charge is 0.362 e. The number of rotatable bonds is 4. The minimum Gasteiger partial charge on any atom is -0.362 e. The van der Waals surface area contributed by atoms with Gasteiger partial charge in [0.1, 0.15) is 11.9 Å². The van der Waals surface area contributed by atoms with Crippen LogP contribution in [0.15, 0.2) is 54.6 Å². The molecule has 1 aromatic heterocycles. The Hall–Kier alpha value is -2.17. The van der Waals surface area contributed by atoms with Gasteiger partial charge in [0.15, 0.2) is 0 Å². The van der Waals surface area contributed by atoms with Crippen LogP contribution in [0.1, 0.15) is 58.0 Å². The number of hydrogen-bond donors (Lipinski definition) is 1. The summed E-state index contributed by atoms with van der Waals surface area (Å²) in [5.41, 5.74) is 3.19. The molecule has 4 rings (SSSR count). The lowest BCUT2D eigenvalue weighted by atomic mass is 10.1. The molecule has 1 saturated heterocycles. The van der Waals surface area contributed by atoms with Gasteiger partial charge in [-0.2, -0.15) is 0 Å². The molecule has 1 aliphatic rings. The molecule has 0 bridgehead atoms. The fourth-order valence-corrected chi connectivity index (χ4v) is 3.34. The van der Waals surface area contributed by atoms with Crippen molar-refractivity contribution in [3.8, 4) is 0 Å². The first-order valence-electron chi connectivity index (χ1n) is 10.6. The second-order valence-electron chi connectivity index (χ2n) is 6.57. The monoisotopic (exact) mass is 381 g/mol. The summed E-state index contributed by atoms with van der Waals surface area (Å²) in [6.07, 6.45) is 2.27. The van der Waals surface area contributed by atoms with Gasteiger partial charge in [-0.25, -0.2) is 4.98 Å². The van der Waals surface area contributed by atoms with E-state index in [0.29, 0.717) is 0 Å². The molecule has 0 amide bonds. The summed E-state index contributed by atoms with van der Waals surface area (Å²) in [4.78, 5) is 10.6. The second-order valence-corrected chi connectivity index (χ2v) is 6.57. The van der Waals surface area contributed by atoms with Crippen molar-refractivity contribution in [1.29, 1.82) is 0 Å². The van der Waals surface area contributed by atoms with E-state index in [-0.39, 0.29) is 12.2 Å². The van der Waals surface area contributed by atoms with Crippen molar-refractivity contribution in [2.24, 2.45) is 0 Å². The van der Waals surface area contributed by atoms with Gasteiger partial charge in [0.25, 0.3) is 0 Å². The van der Waals surface area contributed by atoms with Gasteiger partial charge < -0.3 is 14.6 Å². The average molecular weight is 382 g/mol. The lowest BCUT2D eigenvalue weighted by molar-refractivity contribution is -0.0264. The Morgan fingerprint density at radius 1 is 0.929 bits per heavy atom. The van der Waals surface area contributed by atoms with E-state index in [0.717, 1.165) is 48.4 Å². The Morgan fingerprint density at radius 3 is 2.18 bits per heavy atom. The molecule has 0 aliphatic carbocycles. The zero-order valence-corrected chi connectivity index (χ0v) is 18.0. The maximum absolute atomic E-state index is 6.52. The number of fused-ring (bicyclic) bond motifs is 1. The van der Waals surface area contributed by atoms with E-state index in [1.54, 1.807) is 0 Å². The maximum Gasteiger partial charge on any atom is 0.141 e. The van der Waals surface area contributed by atoms with E-state index in [2.05, 4.69) is 47.3 Å². The number of nitrogens with one attached hydrogen (secondary N) is 1. The number of likely N-dealkylation sites (tertiary alicyclic amines) is 1. The Kier molecular flexibility index (Phi) is 9.18. The van der Waals surface area contributed by atoms with Gasteiger partial charge >= 0.3 is 0 Å². The molecule has 1 N–H and O–H groups in total. The van der Waals surface area contributed by atoms with Gasteiger partial charge in [0, 0.05) is 13.1 Å². The van der Waals surface area contributed by atoms with Gasteiger partial charge in [-0.05, 0) is 37.6 Å². The highest BCUT2D eigenvalue weighted by Gasteiger charge is 2.25. The molecule has 0 radical (unpaired) electrons. The second kappa shape index (κ2) is 11.6. The molecule has 2 aromatic carbocycles. The number of piperidine rings is 1. The van der Waals surface area contributed by atoms with Crippen LogP contribution in [-0.2, 0) is 4.74 Å². The fraction of sp³-hybridized carbons (Fsp3) is 0.458. The van der Waals surface area contributed by atoms with Gasteiger partial charge in [-0.1, -0.05) is 70.2 Å². The molecule has 4 nitrogen and oxygen atoms in total. The summed E-state index contributed by atoms with van der Waals surface area (Å²) in [7, 11) is 2.17. The smallest absolute Gasteiger partial charge is 0.141 e. The number of para-hydroxylation sites is 2. The van der Waals surface area contributed by atoms with E-state index in [4.69, 9.17) is 9.72 Å². The predicted molar refractivity (Wildman–Crippen MR) is 119 cm³/mol. The van der Waals surface area contributed by atoms with Crippen LogP contribution >= 0.6 is 0 Å². The van der Waals surface area contributed by atoms with Crippen LogP contribution in [0.5, 0.6) is 0 Å². The third-order valence-electron chi connectivity index (χ3n) is 4.75. The van der Waals surface area contributed by atoms with Crippen LogP contribution in [0.4, 0.5) is 0 Å². The third kappa shape index (κ3) is 5.66. The summed E-state index contributed by atoms with van der Waals surface area (Å²) in [5, 5.41) is 0. The van der Waals surface area contributed by atoms with E-state index in [1.807, 2.05) is 52.0 Å². The number of ether oxygens (including phenoxy) is 1. The van der Waals surface area contributed by atoms with E-state index in [1.165, 1.54) is 0 Å². The van der Waals surface area contributed by atoms with Gasteiger partial charge in [-0.3, -0.25) is 0 Å². The molecule has 2 heterocycles. The number of aromatic nitrogens is 2. The zero-order chi connectivity index (χ0) is 20.4. The molecular formula is C24H35N3O. The first-order valence-corrected chi connectivity index (χ1v) is 10.6. The van der Waals surface area contributed by atoms with Crippen LogP contribution in [0.25, 0.3) is 11.0 Å². The summed E-state index contributed by atoms with van der Waals surface area (Å²) >= 11 is 0. The Balaban J connectivity index is 0.000000660. The van der Waals surface area contributed by atoms with Crippen molar-refractivity contribution in [2.45, 2.75) is 52.7 Å². The number of hydrogen-bond acceptors (Lipinski definition) is 3. The highest BCUT2D eigenvalue weighted by atomic mass is 16.5. The molecule has 1 atom stereocenters. The highest BCUT2D eigenvalue weighted by Crippen LogP contribution is 2.29. The van der Waals surface area contributed by atoms with Crippen molar-refractivity contribution >= 4 is 11.0 Å². The van der Waals surface area contributed by atoms with E-state index < -0.39 is 0 Å². The topological polar surface area (TPSA) is 41.1 Å². The summed E-state index contributed by atoms with van der Waals surface area (Å²) < 4.78 is 6.52. The number of H-pyrrole nitrogens is 1. The normalized spacial score (nSPS) is 15.9. The minimum atomic E-state index is -0.146. The lowest BCUT2D eigenvalue weighted by Crippen LogP contribution is -2.35. The quantitative estimate of drug-likeness (QED) is 0.619. The fourth-order valence-electron chi connectivity index (χ4n) is 3.34. The van der Waals surface area contributed by atoms with Crippen molar-refractivity contribution in [2.75, 3.05) is 20.1 Å². The first-order chi connectivity index (χ1) is 13.8. The number of aromatic amines is 1. The SMILES string of the molecule is CC.CC.CN1CCC(OC(c2ccccc2)c2nc3ccccc3[nH]2)CC1. The number of imidazole rings is 1. The van der Waals surface area contributed by atoms with Crippen LogP contribution in [0.2, 0.25) is 0 Å². The number of benzene rings is 2. The molecule has 1 aliphatic heterocycles. The minimum absolute atomic E-state index is 0.146. The lowest BCUT2D eigenvalue weighted by Gasteiger charge is -2.31. The molecule has 3 aromatic rings. The van der Waals surface area contributed by atoms with E-state index in [9.17, 15) is 0 Å². The summed E-state index contributed by atoms with van der Waals surface area (Å²) in [6.45, 7) is 10.2. The zero-order valence-electron chi connectivity index (χ0n) is 18.0. The van der Waals surface area contributed by atoms with Crippen LogP contribution in [0, 0.1) is 0 Å². The molecular weight excluding hydrogens is 346 g/mol. The Labute approximate surface area is 169 Å². The van der Waals surface area contributed by atoms with Crippen LogP contribution in [0.3, 0.4) is 0 Å². The van der Waals surface area contributed by atoms with Crippen LogP contribution < -0.4 is 0 Å². The first kappa shape index (κ1) is 22.1. The van der Waals surface area contributed by atoms with Crippen molar-refractivity contribution in [3.05, 3.63) is 66.0 Å². The number of nitrogens with zero attached hydrogens (tertiary/aromatic N) is 2.